The van der Waals surface area contributed by atoms with Crippen LogP contribution in [0.1, 0.15) is 25.8 Å². The summed E-state index contributed by atoms with van der Waals surface area (Å²) in [5.74, 6) is -1.55. The highest BCUT2D eigenvalue weighted by Gasteiger charge is 2.30. The van der Waals surface area contributed by atoms with Crippen molar-refractivity contribution in [2.45, 2.75) is 32.2 Å². The third-order valence-corrected chi connectivity index (χ3v) is 3.52. The normalized spacial score (nSPS) is 11.3. The van der Waals surface area contributed by atoms with Gasteiger partial charge in [0.15, 0.2) is 5.54 Å². The Kier molecular flexibility index (Phi) is 4.78. The van der Waals surface area contributed by atoms with E-state index in [9.17, 15) is 14.0 Å². The zero-order chi connectivity index (χ0) is 17.0. The van der Waals surface area contributed by atoms with Gasteiger partial charge in [-0.2, -0.15) is 5.10 Å². The molecule has 23 heavy (non-hydrogen) atoms. The lowest BCUT2D eigenvalue weighted by Gasteiger charge is -2.19. The number of benzene rings is 1. The van der Waals surface area contributed by atoms with Crippen molar-refractivity contribution >= 4 is 17.6 Å². The number of anilines is 1. The van der Waals surface area contributed by atoms with E-state index in [2.05, 4.69) is 10.4 Å². The minimum Gasteiger partial charge on any atom is -0.479 e. The first-order valence-corrected chi connectivity index (χ1v) is 7.12. The molecule has 0 aliphatic heterocycles. The molecule has 1 heterocycles. The number of carboxylic acid groups (broad SMARTS) is 1. The summed E-state index contributed by atoms with van der Waals surface area (Å²) in [6.07, 6.45) is 3.60. The molecule has 2 aromatic rings. The molecule has 0 saturated carbocycles. The second kappa shape index (κ2) is 6.60. The number of aliphatic carboxylic acids is 1. The van der Waals surface area contributed by atoms with E-state index in [1.165, 1.54) is 43.1 Å². The third kappa shape index (κ3) is 4.15. The zero-order valence-electron chi connectivity index (χ0n) is 12.9. The average molecular weight is 319 g/mol. The first-order valence-electron chi connectivity index (χ1n) is 7.12. The SMILES string of the molecule is CC(C)(C(=O)O)n1cc(NC(=O)CCc2ccc(F)cc2)cn1. The van der Waals surface area contributed by atoms with Crippen LogP contribution in [-0.4, -0.2) is 26.8 Å². The van der Waals surface area contributed by atoms with E-state index in [0.29, 0.717) is 12.1 Å². The molecule has 0 spiro atoms. The average Bonchev–Trinajstić information content (AvgIpc) is 2.95. The lowest BCUT2D eigenvalue weighted by molar-refractivity contribution is -0.146. The second-order valence-electron chi connectivity index (χ2n) is 5.71. The highest BCUT2D eigenvalue weighted by Crippen LogP contribution is 2.17. The maximum absolute atomic E-state index is 12.8. The number of nitrogens with zero attached hydrogens (tertiary/aromatic N) is 2. The van der Waals surface area contributed by atoms with Crippen molar-refractivity contribution in [3.63, 3.8) is 0 Å². The minimum absolute atomic E-state index is 0.220. The molecule has 0 aliphatic rings. The van der Waals surface area contributed by atoms with Crippen LogP contribution in [0.3, 0.4) is 0 Å². The molecule has 122 valence electrons. The molecule has 1 aromatic carbocycles. The van der Waals surface area contributed by atoms with Gasteiger partial charge >= 0.3 is 5.97 Å². The van der Waals surface area contributed by atoms with Crippen molar-refractivity contribution in [2.75, 3.05) is 5.32 Å². The topological polar surface area (TPSA) is 84.2 Å². The highest BCUT2D eigenvalue weighted by molar-refractivity contribution is 5.90. The largest absolute Gasteiger partial charge is 0.479 e. The molecule has 2 rings (SSSR count). The molecule has 0 unspecified atom stereocenters. The molecule has 6 nitrogen and oxygen atoms in total. The lowest BCUT2D eigenvalue weighted by atomic mass is 10.1. The second-order valence-corrected chi connectivity index (χ2v) is 5.71. The molecule has 0 aliphatic carbocycles. The van der Waals surface area contributed by atoms with Crippen LogP contribution >= 0.6 is 0 Å². The van der Waals surface area contributed by atoms with Gasteiger partial charge < -0.3 is 10.4 Å². The van der Waals surface area contributed by atoms with Crippen molar-refractivity contribution in [2.24, 2.45) is 0 Å². The smallest absolute Gasteiger partial charge is 0.331 e. The Labute approximate surface area is 132 Å². The van der Waals surface area contributed by atoms with E-state index in [0.717, 1.165) is 5.56 Å². The van der Waals surface area contributed by atoms with E-state index in [1.54, 1.807) is 12.1 Å². The first kappa shape index (κ1) is 16.7. The quantitative estimate of drug-likeness (QED) is 0.856. The van der Waals surface area contributed by atoms with Crippen LogP contribution < -0.4 is 5.32 Å². The zero-order valence-corrected chi connectivity index (χ0v) is 12.9. The highest BCUT2D eigenvalue weighted by atomic mass is 19.1. The number of carbonyl (C=O) groups is 2. The maximum atomic E-state index is 12.8. The Balaban J connectivity index is 1.92. The molecule has 0 radical (unpaired) electrons. The lowest BCUT2D eigenvalue weighted by Crippen LogP contribution is -2.35. The van der Waals surface area contributed by atoms with Crippen LogP contribution in [0.4, 0.5) is 10.1 Å². The van der Waals surface area contributed by atoms with Gasteiger partial charge in [0.2, 0.25) is 5.91 Å². The first-order chi connectivity index (χ1) is 10.8. The van der Waals surface area contributed by atoms with E-state index in [1.807, 2.05) is 0 Å². The van der Waals surface area contributed by atoms with Crippen LogP contribution in [0.2, 0.25) is 0 Å². The number of amides is 1. The number of carbonyl (C=O) groups excluding carboxylic acids is 1. The van der Waals surface area contributed by atoms with Gasteiger partial charge in [-0.25, -0.2) is 9.18 Å². The molecular formula is C16H18FN3O3. The molecule has 1 aromatic heterocycles. The van der Waals surface area contributed by atoms with Crippen molar-refractivity contribution in [1.82, 2.24) is 9.78 Å². The number of hydrogen-bond acceptors (Lipinski definition) is 3. The fraction of sp³-hybridized carbons (Fsp3) is 0.312. The molecule has 0 fully saturated rings. The number of aromatic nitrogens is 2. The van der Waals surface area contributed by atoms with Gasteiger partial charge in [-0.15, -0.1) is 0 Å². The van der Waals surface area contributed by atoms with Crippen molar-refractivity contribution < 1.29 is 19.1 Å². The number of rotatable bonds is 6. The van der Waals surface area contributed by atoms with Crippen molar-refractivity contribution in [1.29, 1.82) is 0 Å². The molecule has 0 saturated heterocycles. The molecule has 7 heteroatoms. The summed E-state index contributed by atoms with van der Waals surface area (Å²) >= 11 is 0. The van der Waals surface area contributed by atoms with Crippen LogP contribution in [0.25, 0.3) is 0 Å². The van der Waals surface area contributed by atoms with Gasteiger partial charge in [0.25, 0.3) is 0 Å². The predicted octanol–water partition coefficient (Wildman–Crippen LogP) is 2.41. The monoisotopic (exact) mass is 319 g/mol. The molecule has 0 atom stereocenters. The Morgan fingerprint density at radius 1 is 1.30 bits per heavy atom. The third-order valence-electron chi connectivity index (χ3n) is 3.52. The van der Waals surface area contributed by atoms with Crippen molar-refractivity contribution in [3.8, 4) is 0 Å². The number of nitrogens with one attached hydrogen (secondary N) is 1. The van der Waals surface area contributed by atoms with Crippen molar-refractivity contribution in [3.05, 3.63) is 48.0 Å². The Bertz CT molecular complexity index is 708. The van der Waals surface area contributed by atoms with Crippen LogP contribution in [0.5, 0.6) is 0 Å². The summed E-state index contributed by atoms with van der Waals surface area (Å²) in [5, 5.41) is 15.8. The summed E-state index contributed by atoms with van der Waals surface area (Å²) in [4.78, 5) is 23.1. The fourth-order valence-electron chi connectivity index (χ4n) is 1.92. The maximum Gasteiger partial charge on any atom is 0.331 e. The van der Waals surface area contributed by atoms with E-state index in [-0.39, 0.29) is 18.1 Å². The number of halogens is 1. The van der Waals surface area contributed by atoms with E-state index in [4.69, 9.17) is 5.11 Å². The van der Waals surface area contributed by atoms with Gasteiger partial charge in [-0.1, -0.05) is 12.1 Å². The van der Waals surface area contributed by atoms with Gasteiger partial charge in [-0.05, 0) is 38.0 Å². The molecule has 2 N–H and O–H groups in total. The molecule has 1 amide bonds. The molecule has 0 bridgehead atoms. The number of carboxylic acids is 1. The van der Waals surface area contributed by atoms with Gasteiger partial charge in [-0.3, -0.25) is 9.48 Å². The summed E-state index contributed by atoms with van der Waals surface area (Å²) in [7, 11) is 0. The minimum atomic E-state index is -1.20. The van der Waals surface area contributed by atoms with Crippen LogP contribution in [-0.2, 0) is 21.5 Å². The summed E-state index contributed by atoms with van der Waals surface area (Å²) in [6.45, 7) is 3.03. The Morgan fingerprint density at radius 3 is 2.57 bits per heavy atom. The summed E-state index contributed by atoms with van der Waals surface area (Å²) in [6, 6.07) is 5.97. The molecular weight excluding hydrogens is 301 g/mol. The van der Waals surface area contributed by atoms with Gasteiger partial charge in [0, 0.05) is 12.6 Å². The van der Waals surface area contributed by atoms with Gasteiger partial charge in [0.1, 0.15) is 5.82 Å². The fourth-order valence-corrected chi connectivity index (χ4v) is 1.92. The van der Waals surface area contributed by atoms with Crippen LogP contribution in [0, 0.1) is 5.82 Å². The number of aryl methyl sites for hydroxylation is 1. The van der Waals surface area contributed by atoms with E-state index < -0.39 is 11.5 Å². The standard InChI is InChI=1S/C16H18FN3O3/c1-16(2,15(22)23)20-10-13(9-18-20)19-14(21)8-5-11-3-6-12(17)7-4-11/h3-4,6-7,9-10H,5,8H2,1-2H3,(H,19,21)(H,22,23). The number of hydrogen-bond donors (Lipinski definition) is 2. The van der Waals surface area contributed by atoms with Crippen LogP contribution in [0.15, 0.2) is 36.7 Å². The van der Waals surface area contributed by atoms with Gasteiger partial charge in [0.05, 0.1) is 11.9 Å². The summed E-state index contributed by atoms with van der Waals surface area (Å²) < 4.78 is 14.1. The Morgan fingerprint density at radius 2 is 1.96 bits per heavy atom. The Hall–Kier alpha value is -2.70. The summed E-state index contributed by atoms with van der Waals surface area (Å²) in [5.41, 5.74) is 0.101. The van der Waals surface area contributed by atoms with E-state index >= 15 is 0 Å². The predicted molar refractivity (Wildman–Crippen MR) is 82.5 cm³/mol.